The quantitative estimate of drug-likeness (QED) is 0.903. The van der Waals surface area contributed by atoms with Gasteiger partial charge in [0.1, 0.15) is 4.90 Å². The Balaban J connectivity index is 2.29. The Kier molecular flexibility index (Phi) is 4.01. The van der Waals surface area contributed by atoms with Crippen molar-refractivity contribution in [1.29, 1.82) is 0 Å². The second kappa shape index (κ2) is 5.16. The Morgan fingerprint density at radius 2 is 2.00 bits per heavy atom. The summed E-state index contributed by atoms with van der Waals surface area (Å²) in [6.45, 7) is 6.94. The van der Waals surface area contributed by atoms with E-state index in [4.69, 9.17) is 5.73 Å². The fraction of sp³-hybridized carbons (Fsp3) is 0.714. The molecule has 114 valence electrons. The lowest BCUT2D eigenvalue weighted by atomic mass is 9.97. The van der Waals surface area contributed by atoms with E-state index in [0.29, 0.717) is 24.0 Å². The smallest absolute Gasteiger partial charge is 0.244 e. The van der Waals surface area contributed by atoms with Gasteiger partial charge in [-0.15, -0.1) is 0 Å². The maximum atomic E-state index is 12.6. The monoisotopic (exact) mass is 299 g/mol. The Morgan fingerprint density at radius 1 is 1.40 bits per heavy atom. The molecule has 0 atom stereocenters. The van der Waals surface area contributed by atoms with E-state index in [1.807, 2.05) is 25.3 Å². The minimum Gasteiger partial charge on any atom is -0.346 e. The number of hydrogen-bond acceptors (Lipinski definition) is 3. The maximum absolute atomic E-state index is 12.6. The number of rotatable bonds is 5. The first-order valence-corrected chi connectivity index (χ1v) is 8.46. The fourth-order valence-corrected chi connectivity index (χ4v) is 3.88. The van der Waals surface area contributed by atoms with Crippen LogP contribution in [0.15, 0.2) is 17.2 Å². The van der Waals surface area contributed by atoms with Gasteiger partial charge in [0, 0.05) is 38.1 Å². The average molecular weight is 299 g/mol. The molecular formula is C14H25N3O2S. The van der Waals surface area contributed by atoms with E-state index in [2.05, 4.69) is 0 Å². The molecule has 20 heavy (non-hydrogen) atoms. The number of sulfonamides is 1. The third-order valence-corrected chi connectivity index (χ3v) is 5.23. The van der Waals surface area contributed by atoms with E-state index in [0.717, 1.165) is 18.5 Å². The van der Waals surface area contributed by atoms with Crippen molar-refractivity contribution in [1.82, 2.24) is 8.87 Å². The van der Waals surface area contributed by atoms with Crippen molar-refractivity contribution in [2.24, 2.45) is 11.1 Å². The molecule has 1 aromatic heterocycles. The van der Waals surface area contributed by atoms with Crippen molar-refractivity contribution in [2.45, 2.75) is 51.1 Å². The molecule has 6 heteroatoms. The molecule has 0 spiro atoms. The van der Waals surface area contributed by atoms with Gasteiger partial charge in [0.15, 0.2) is 0 Å². The summed E-state index contributed by atoms with van der Waals surface area (Å²) in [5.74, 6) is 0. The number of aromatic nitrogens is 1. The van der Waals surface area contributed by atoms with Crippen molar-refractivity contribution in [3.8, 4) is 0 Å². The normalized spacial score (nSPS) is 16.9. The second-order valence-electron chi connectivity index (χ2n) is 6.83. The minimum absolute atomic E-state index is 0.0718. The topological polar surface area (TPSA) is 68.3 Å². The van der Waals surface area contributed by atoms with Gasteiger partial charge in [-0.3, -0.25) is 0 Å². The Hall–Kier alpha value is -0.850. The number of nitrogens with zero attached hydrogens (tertiary/aromatic N) is 2. The van der Waals surface area contributed by atoms with Crippen LogP contribution in [0.25, 0.3) is 0 Å². The summed E-state index contributed by atoms with van der Waals surface area (Å²) in [5.41, 5.74) is 6.55. The summed E-state index contributed by atoms with van der Waals surface area (Å²) in [5, 5.41) is 0. The second-order valence-corrected chi connectivity index (χ2v) is 8.88. The third-order valence-electron chi connectivity index (χ3n) is 3.46. The fourth-order valence-electron chi connectivity index (χ4n) is 2.43. The zero-order valence-electron chi connectivity index (χ0n) is 12.8. The number of nitrogens with two attached hydrogens (primary N) is 1. The molecule has 1 aliphatic carbocycles. The summed E-state index contributed by atoms with van der Waals surface area (Å²) in [7, 11) is -1.80. The van der Waals surface area contributed by atoms with Crippen molar-refractivity contribution >= 4 is 10.0 Å². The van der Waals surface area contributed by atoms with Crippen LogP contribution in [0.1, 0.15) is 45.3 Å². The van der Waals surface area contributed by atoms with E-state index < -0.39 is 10.0 Å². The van der Waals surface area contributed by atoms with Crippen LogP contribution in [0.3, 0.4) is 0 Å². The van der Waals surface area contributed by atoms with Crippen LogP contribution in [-0.2, 0) is 16.6 Å². The van der Waals surface area contributed by atoms with Crippen LogP contribution < -0.4 is 5.73 Å². The van der Waals surface area contributed by atoms with Crippen LogP contribution in [0.4, 0.5) is 0 Å². The van der Waals surface area contributed by atoms with E-state index in [-0.39, 0.29) is 5.41 Å². The predicted octanol–water partition coefficient (Wildman–Crippen LogP) is 1.95. The highest BCUT2D eigenvalue weighted by atomic mass is 32.2. The highest BCUT2D eigenvalue weighted by Gasteiger charge is 2.30. The highest BCUT2D eigenvalue weighted by molar-refractivity contribution is 7.89. The molecule has 1 saturated carbocycles. The third kappa shape index (κ3) is 3.24. The van der Waals surface area contributed by atoms with Gasteiger partial charge in [-0.25, -0.2) is 12.7 Å². The Morgan fingerprint density at radius 3 is 2.45 bits per heavy atom. The lowest BCUT2D eigenvalue weighted by molar-refractivity contribution is 0.311. The van der Waals surface area contributed by atoms with Gasteiger partial charge in [0.2, 0.25) is 10.0 Å². The van der Waals surface area contributed by atoms with E-state index in [1.165, 1.54) is 4.31 Å². The van der Waals surface area contributed by atoms with Crippen LogP contribution in [0.5, 0.6) is 0 Å². The lowest BCUT2D eigenvalue weighted by Gasteiger charge is -2.25. The van der Waals surface area contributed by atoms with E-state index in [9.17, 15) is 8.42 Å². The summed E-state index contributed by atoms with van der Waals surface area (Å²) in [6.07, 6.45) is 3.96. The summed E-state index contributed by atoms with van der Waals surface area (Å²) < 4.78 is 28.7. The Labute approximate surface area is 121 Å². The largest absolute Gasteiger partial charge is 0.346 e. The molecule has 1 fully saturated rings. The van der Waals surface area contributed by atoms with Crippen molar-refractivity contribution in [3.63, 3.8) is 0 Å². The standard InChI is InChI=1S/C14H25N3O2S/c1-14(2,3)10-16(4)20(18,19)13-7-12(8-15)17(9-13)11-5-6-11/h7,9,11H,5-6,8,10,15H2,1-4H3. The van der Waals surface area contributed by atoms with Gasteiger partial charge in [0.25, 0.3) is 0 Å². The molecule has 0 aliphatic heterocycles. The lowest BCUT2D eigenvalue weighted by Crippen LogP contribution is -2.34. The van der Waals surface area contributed by atoms with Crippen molar-refractivity contribution in [2.75, 3.05) is 13.6 Å². The van der Waals surface area contributed by atoms with Gasteiger partial charge in [-0.2, -0.15) is 0 Å². The molecule has 0 amide bonds. The molecule has 1 aliphatic rings. The molecule has 1 heterocycles. The van der Waals surface area contributed by atoms with Gasteiger partial charge in [-0.05, 0) is 24.3 Å². The van der Waals surface area contributed by atoms with E-state index >= 15 is 0 Å². The molecule has 0 bridgehead atoms. The van der Waals surface area contributed by atoms with Gasteiger partial charge < -0.3 is 10.3 Å². The van der Waals surface area contributed by atoms with Gasteiger partial charge >= 0.3 is 0 Å². The molecule has 1 aromatic rings. The Bertz CT molecular complexity index is 580. The molecule has 0 aromatic carbocycles. The zero-order valence-corrected chi connectivity index (χ0v) is 13.6. The highest BCUT2D eigenvalue weighted by Crippen LogP contribution is 2.37. The molecule has 2 N–H and O–H groups in total. The molecular weight excluding hydrogens is 274 g/mol. The molecule has 2 rings (SSSR count). The van der Waals surface area contributed by atoms with Crippen LogP contribution in [-0.4, -0.2) is 30.9 Å². The first kappa shape index (κ1) is 15.5. The molecule has 0 unspecified atom stereocenters. The van der Waals surface area contributed by atoms with Crippen molar-refractivity contribution < 1.29 is 8.42 Å². The first-order chi connectivity index (χ1) is 9.15. The van der Waals surface area contributed by atoms with Crippen LogP contribution in [0.2, 0.25) is 0 Å². The molecule has 0 radical (unpaired) electrons. The van der Waals surface area contributed by atoms with Crippen molar-refractivity contribution in [3.05, 3.63) is 18.0 Å². The minimum atomic E-state index is -3.43. The first-order valence-electron chi connectivity index (χ1n) is 7.02. The summed E-state index contributed by atoms with van der Waals surface area (Å²) in [4.78, 5) is 0.358. The zero-order chi connectivity index (χ0) is 15.1. The SMILES string of the molecule is CN(CC(C)(C)C)S(=O)(=O)c1cc(CN)n(C2CC2)c1. The van der Waals surface area contributed by atoms with Gasteiger partial charge in [0.05, 0.1) is 0 Å². The maximum Gasteiger partial charge on any atom is 0.244 e. The number of hydrogen-bond donors (Lipinski definition) is 1. The average Bonchev–Trinajstić information content (AvgIpc) is 3.05. The summed E-state index contributed by atoms with van der Waals surface area (Å²) in [6, 6.07) is 2.15. The van der Waals surface area contributed by atoms with Gasteiger partial charge in [-0.1, -0.05) is 20.8 Å². The summed E-state index contributed by atoms with van der Waals surface area (Å²) >= 11 is 0. The van der Waals surface area contributed by atoms with E-state index in [1.54, 1.807) is 19.3 Å². The van der Waals surface area contributed by atoms with Crippen LogP contribution in [0, 0.1) is 5.41 Å². The predicted molar refractivity (Wildman–Crippen MR) is 79.9 cm³/mol. The molecule has 5 nitrogen and oxygen atoms in total. The molecule has 0 saturated heterocycles. The van der Waals surface area contributed by atoms with Crippen LogP contribution >= 0.6 is 0 Å².